The summed E-state index contributed by atoms with van der Waals surface area (Å²) in [6, 6.07) is 5.51. The summed E-state index contributed by atoms with van der Waals surface area (Å²) in [5.74, 6) is 0.320. The quantitative estimate of drug-likeness (QED) is 0.665. The fourth-order valence-corrected chi connectivity index (χ4v) is 3.72. The van der Waals surface area contributed by atoms with Crippen molar-refractivity contribution in [3.63, 3.8) is 0 Å². The number of anilines is 1. The Labute approximate surface area is 161 Å². The number of rotatable bonds is 9. The minimum atomic E-state index is -3.38. The van der Waals surface area contributed by atoms with E-state index in [1.54, 1.807) is 6.07 Å². The van der Waals surface area contributed by atoms with E-state index in [0.29, 0.717) is 37.7 Å². The van der Waals surface area contributed by atoms with Gasteiger partial charge in [-0.05, 0) is 24.6 Å². The Balaban J connectivity index is 1.90. The van der Waals surface area contributed by atoms with Gasteiger partial charge in [0.25, 0.3) is 0 Å². The molecule has 8 nitrogen and oxygen atoms in total. The van der Waals surface area contributed by atoms with Crippen LogP contribution in [0.2, 0.25) is 0 Å². The van der Waals surface area contributed by atoms with Crippen molar-refractivity contribution >= 4 is 21.6 Å². The minimum absolute atomic E-state index is 0.0767. The standard InChI is InChI=1S/C18H29N3O5S/c1-15-4-5-17(25-2)16(14-15)19-18(22)6-7-21(27(3,23)24)9-8-20-10-12-26-13-11-20/h4-5,14H,6-13H2,1-3H3,(H,19,22). The van der Waals surface area contributed by atoms with Gasteiger partial charge in [0, 0.05) is 39.1 Å². The zero-order valence-electron chi connectivity index (χ0n) is 16.2. The summed E-state index contributed by atoms with van der Waals surface area (Å²) in [6.45, 7) is 5.98. The lowest BCUT2D eigenvalue weighted by Gasteiger charge is -2.29. The van der Waals surface area contributed by atoms with Gasteiger partial charge in [-0.25, -0.2) is 12.7 Å². The maximum absolute atomic E-state index is 12.3. The Bertz CT molecular complexity index is 733. The minimum Gasteiger partial charge on any atom is -0.495 e. The third kappa shape index (κ3) is 7.10. The molecule has 0 unspecified atom stereocenters. The molecular weight excluding hydrogens is 370 g/mol. The first-order valence-electron chi connectivity index (χ1n) is 8.99. The lowest BCUT2D eigenvalue weighted by molar-refractivity contribution is -0.116. The van der Waals surface area contributed by atoms with E-state index in [0.717, 1.165) is 18.7 Å². The van der Waals surface area contributed by atoms with Crippen molar-refractivity contribution in [3.05, 3.63) is 23.8 Å². The summed E-state index contributed by atoms with van der Waals surface area (Å²) < 4.78 is 36.0. The van der Waals surface area contributed by atoms with Gasteiger partial charge >= 0.3 is 0 Å². The molecule has 2 rings (SSSR count). The molecule has 1 heterocycles. The van der Waals surface area contributed by atoms with Crippen molar-refractivity contribution in [1.82, 2.24) is 9.21 Å². The topological polar surface area (TPSA) is 88.2 Å². The Morgan fingerprint density at radius 3 is 2.63 bits per heavy atom. The SMILES string of the molecule is COc1ccc(C)cc1NC(=O)CCN(CCN1CCOCC1)S(C)(=O)=O. The first-order chi connectivity index (χ1) is 12.8. The van der Waals surface area contributed by atoms with Crippen LogP contribution in [-0.4, -0.2) is 82.8 Å². The summed E-state index contributed by atoms with van der Waals surface area (Å²) in [7, 11) is -1.84. The maximum atomic E-state index is 12.3. The van der Waals surface area contributed by atoms with Crippen LogP contribution in [-0.2, 0) is 19.6 Å². The third-order valence-electron chi connectivity index (χ3n) is 4.46. The average molecular weight is 400 g/mol. The molecule has 1 fully saturated rings. The van der Waals surface area contributed by atoms with Gasteiger partial charge in [-0.3, -0.25) is 9.69 Å². The van der Waals surface area contributed by atoms with Gasteiger partial charge in [0.1, 0.15) is 5.75 Å². The molecule has 27 heavy (non-hydrogen) atoms. The van der Waals surface area contributed by atoms with Gasteiger partial charge in [0.2, 0.25) is 15.9 Å². The van der Waals surface area contributed by atoms with Gasteiger partial charge < -0.3 is 14.8 Å². The van der Waals surface area contributed by atoms with Gasteiger partial charge in [-0.15, -0.1) is 0 Å². The van der Waals surface area contributed by atoms with Crippen LogP contribution >= 0.6 is 0 Å². The van der Waals surface area contributed by atoms with Crippen LogP contribution in [0.4, 0.5) is 5.69 Å². The zero-order valence-corrected chi connectivity index (χ0v) is 17.0. The number of hydrogen-bond acceptors (Lipinski definition) is 6. The van der Waals surface area contributed by atoms with E-state index in [-0.39, 0.29) is 18.9 Å². The van der Waals surface area contributed by atoms with E-state index >= 15 is 0 Å². The Hall–Kier alpha value is -1.68. The summed E-state index contributed by atoms with van der Waals surface area (Å²) in [5, 5.41) is 2.80. The molecule has 0 saturated carbocycles. The summed E-state index contributed by atoms with van der Waals surface area (Å²) in [4.78, 5) is 14.5. The van der Waals surface area contributed by atoms with Crippen molar-refractivity contribution in [1.29, 1.82) is 0 Å². The molecule has 9 heteroatoms. The second-order valence-corrected chi connectivity index (χ2v) is 8.60. The van der Waals surface area contributed by atoms with Crippen LogP contribution in [0.3, 0.4) is 0 Å². The molecule has 1 aromatic rings. The number of methoxy groups -OCH3 is 1. The van der Waals surface area contributed by atoms with Crippen molar-refractivity contribution in [2.75, 3.05) is 64.6 Å². The van der Waals surface area contributed by atoms with Crippen LogP contribution in [0.25, 0.3) is 0 Å². The normalized spacial score (nSPS) is 15.7. The molecule has 0 aliphatic carbocycles. The molecule has 152 valence electrons. The van der Waals surface area contributed by atoms with E-state index in [1.165, 1.54) is 17.7 Å². The second kappa shape index (κ2) is 10.0. The summed E-state index contributed by atoms with van der Waals surface area (Å²) >= 11 is 0. The molecule has 1 N–H and O–H groups in total. The molecular formula is C18H29N3O5S. The van der Waals surface area contributed by atoms with Crippen molar-refractivity contribution < 1.29 is 22.7 Å². The first kappa shape index (κ1) is 21.6. The number of amides is 1. The predicted molar refractivity (Wildman–Crippen MR) is 105 cm³/mol. The lowest BCUT2D eigenvalue weighted by Crippen LogP contribution is -2.43. The third-order valence-corrected chi connectivity index (χ3v) is 5.76. The lowest BCUT2D eigenvalue weighted by atomic mass is 10.2. The second-order valence-electron chi connectivity index (χ2n) is 6.62. The number of benzene rings is 1. The molecule has 0 aromatic heterocycles. The van der Waals surface area contributed by atoms with Gasteiger partial charge in [-0.2, -0.15) is 0 Å². The number of hydrogen-bond donors (Lipinski definition) is 1. The fraction of sp³-hybridized carbons (Fsp3) is 0.611. The van der Waals surface area contributed by atoms with Crippen LogP contribution in [0.5, 0.6) is 5.75 Å². The highest BCUT2D eigenvalue weighted by atomic mass is 32.2. The number of sulfonamides is 1. The molecule has 1 saturated heterocycles. The zero-order chi connectivity index (χ0) is 19.9. The summed E-state index contributed by atoms with van der Waals surface area (Å²) in [5.41, 5.74) is 1.58. The molecule has 0 spiro atoms. The predicted octanol–water partition coefficient (Wildman–Crippen LogP) is 0.926. The number of ether oxygens (including phenoxy) is 2. The molecule has 0 bridgehead atoms. The van der Waals surface area contributed by atoms with Crippen molar-refractivity contribution in [2.45, 2.75) is 13.3 Å². The van der Waals surface area contributed by atoms with E-state index in [1.807, 2.05) is 19.1 Å². The Morgan fingerprint density at radius 2 is 2.00 bits per heavy atom. The van der Waals surface area contributed by atoms with Crippen molar-refractivity contribution in [3.8, 4) is 5.75 Å². The van der Waals surface area contributed by atoms with Crippen LogP contribution < -0.4 is 10.1 Å². The van der Waals surface area contributed by atoms with E-state index in [4.69, 9.17) is 9.47 Å². The smallest absolute Gasteiger partial charge is 0.225 e. The first-order valence-corrected chi connectivity index (χ1v) is 10.8. The molecule has 1 aliphatic heterocycles. The number of carbonyl (C=O) groups is 1. The molecule has 1 aliphatic rings. The highest BCUT2D eigenvalue weighted by Crippen LogP contribution is 2.25. The average Bonchev–Trinajstić information content (AvgIpc) is 2.61. The van der Waals surface area contributed by atoms with Crippen LogP contribution in [0.1, 0.15) is 12.0 Å². The number of morpholine rings is 1. The van der Waals surface area contributed by atoms with Gasteiger partial charge in [-0.1, -0.05) is 6.07 Å². The molecule has 1 aromatic carbocycles. The fourth-order valence-electron chi connectivity index (χ4n) is 2.88. The Morgan fingerprint density at radius 1 is 1.30 bits per heavy atom. The highest BCUT2D eigenvalue weighted by molar-refractivity contribution is 7.88. The summed E-state index contributed by atoms with van der Waals surface area (Å²) in [6.07, 6.45) is 1.25. The number of aryl methyl sites for hydroxylation is 1. The maximum Gasteiger partial charge on any atom is 0.225 e. The number of carbonyl (C=O) groups excluding carboxylic acids is 1. The molecule has 1 amide bonds. The molecule has 0 radical (unpaired) electrons. The van der Waals surface area contributed by atoms with Gasteiger partial charge in [0.15, 0.2) is 0 Å². The van der Waals surface area contributed by atoms with Crippen LogP contribution in [0.15, 0.2) is 18.2 Å². The monoisotopic (exact) mass is 399 g/mol. The largest absolute Gasteiger partial charge is 0.495 e. The van der Waals surface area contributed by atoms with Crippen LogP contribution in [0, 0.1) is 6.92 Å². The molecule has 0 atom stereocenters. The van der Waals surface area contributed by atoms with Crippen molar-refractivity contribution in [2.24, 2.45) is 0 Å². The number of nitrogens with one attached hydrogen (secondary N) is 1. The van der Waals surface area contributed by atoms with E-state index < -0.39 is 10.0 Å². The Kier molecular flexibility index (Phi) is 8.03. The van der Waals surface area contributed by atoms with E-state index in [9.17, 15) is 13.2 Å². The van der Waals surface area contributed by atoms with Gasteiger partial charge in [0.05, 0.1) is 32.3 Å². The highest BCUT2D eigenvalue weighted by Gasteiger charge is 2.20. The number of nitrogens with zero attached hydrogens (tertiary/aromatic N) is 2. The van der Waals surface area contributed by atoms with E-state index in [2.05, 4.69) is 10.2 Å².